The number of hydrogen-bond donors (Lipinski definition) is 0. The fourth-order valence-corrected chi connectivity index (χ4v) is 1.04. The first-order valence-electron chi connectivity index (χ1n) is 4.11. The lowest BCUT2D eigenvalue weighted by atomic mass is 10.2. The van der Waals surface area contributed by atoms with Crippen molar-refractivity contribution in [1.29, 1.82) is 0 Å². The van der Waals surface area contributed by atoms with Crippen LogP contribution in [0.1, 0.15) is 19.4 Å². The number of hydrogen-bond acceptors (Lipinski definition) is 1. The van der Waals surface area contributed by atoms with Gasteiger partial charge in [-0.05, 0) is 29.3 Å². The average molecular weight is 219 g/mol. The van der Waals surface area contributed by atoms with E-state index in [2.05, 4.69) is 0 Å². The van der Waals surface area contributed by atoms with Crippen molar-refractivity contribution in [2.75, 3.05) is 0 Å². The molecule has 3 heteroatoms. The molecule has 0 amide bonds. The SMILES string of the molecule is CC.O=C(Cl)Cc1ccc(Cl)cc1. The highest BCUT2D eigenvalue weighted by molar-refractivity contribution is 6.63. The molecule has 0 fully saturated rings. The summed E-state index contributed by atoms with van der Waals surface area (Å²) in [6, 6.07) is 7.03. The van der Waals surface area contributed by atoms with Crippen LogP contribution >= 0.6 is 23.2 Å². The predicted octanol–water partition coefficient (Wildman–Crippen LogP) is 3.67. The van der Waals surface area contributed by atoms with Crippen molar-refractivity contribution in [3.63, 3.8) is 0 Å². The van der Waals surface area contributed by atoms with Crippen molar-refractivity contribution in [2.24, 2.45) is 0 Å². The van der Waals surface area contributed by atoms with E-state index in [1.165, 1.54) is 0 Å². The highest BCUT2D eigenvalue weighted by Gasteiger charge is 1.97. The Morgan fingerprint density at radius 3 is 2.08 bits per heavy atom. The van der Waals surface area contributed by atoms with E-state index in [-0.39, 0.29) is 11.7 Å². The molecule has 0 bridgehead atoms. The molecule has 0 aliphatic carbocycles. The molecule has 0 N–H and O–H groups in total. The van der Waals surface area contributed by atoms with E-state index in [0.29, 0.717) is 5.02 Å². The number of rotatable bonds is 2. The van der Waals surface area contributed by atoms with E-state index in [1.807, 2.05) is 13.8 Å². The van der Waals surface area contributed by atoms with Gasteiger partial charge in [-0.15, -0.1) is 0 Å². The zero-order valence-corrected chi connectivity index (χ0v) is 9.19. The van der Waals surface area contributed by atoms with Gasteiger partial charge in [0.2, 0.25) is 5.24 Å². The highest BCUT2D eigenvalue weighted by atomic mass is 35.5. The maximum Gasteiger partial charge on any atom is 0.226 e. The molecule has 0 aliphatic heterocycles. The molecule has 0 heterocycles. The summed E-state index contributed by atoms with van der Waals surface area (Å²) in [5.74, 6) is 0. The molecule has 0 saturated heterocycles. The van der Waals surface area contributed by atoms with Gasteiger partial charge in [-0.1, -0.05) is 37.6 Å². The zero-order valence-electron chi connectivity index (χ0n) is 7.68. The van der Waals surface area contributed by atoms with Crippen LogP contribution in [0.4, 0.5) is 0 Å². The van der Waals surface area contributed by atoms with E-state index < -0.39 is 0 Å². The van der Waals surface area contributed by atoms with E-state index in [9.17, 15) is 4.79 Å². The number of halogens is 2. The Balaban J connectivity index is 0.000000671. The Morgan fingerprint density at radius 2 is 1.69 bits per heavy atom. The van der Waals surface area contributed by atoms with Gasteiger partial charge in [0, 0.05) is 11.4 Å². The van der Waals surface area contributed by atoms with Gasteiger partial charge in [-0.2, -0.15) is 0 Å². The topological polar surface area (TPSA) is 17.1 Å². The monoisotopic (exact) mass is 218 g/mol. The van der Waals surface area contributed by atoms with Crippen molar-refractivity contribution >= 4 is 28.4 Å². The molecule has 1 aromatic rings. The summed E-state index contributed by atoms with van der Waals surface area (Å²) < 4.78 is 0. The summed E-state index contributed by atoms with van der Waals surface area (Å²) in [6.45, 7) is 4.00. The second kappa shape index (κ2) is 6.93. The van der Waals surface area contributed by atoms with Gasteiger partial charge in [0.25, 0.3) is 0 Å². The molecule has 0 aliphatic rings. The maximum absolute atomic E-state index is 10.4. The zero-order chi connectivity index (χ0) is 10.3. The minimum atomic E-state index is -0.354. The molecule has 72 valence electrons. The second-order valence-corrected chi connectivity index (χ2v) is 3.02. The molecular weight excluding hydrogens is 207 g/mol. The molecule has 0 atom stereocenters. The normalized spacial score (nSPS) is 8.62. The number of benzene rings is 1. The van der Waals surface area contributed by atoms with Crippen LogP contribution in [-0.2, 0) is 11.2 Å². The van der Waals surface area contributed by atoms with E-state index in [4.69, 9.17) is 23.2 Å². The van der Waals surface area contributed by atoms with E-state index >= 15 is 0 Å². The van der Waals surface area contributed by atoms with Gasteiger partial charge in [-0.25, -0.2) is 0 Å². The summed E-state index contributed by atoms with van der Waals surface area (Å²) in [7, 11) is 0. The van der Waals surface area contributed by atoms with Crippen molar-refractivity contribution in [2.45, 2.75) is 20.3 Å². The van der Waals surface area contributed by atoms with E-state index in [1.54, 1.807) is 24.3 Å². The van der Waals surface area contributed by atoms with Gasteiger partial charge in [0.1, 0.15) is 0 Å². The average Bonchev–Trinajstić information content (AvgIpc) is 2.12. The molecule has 0 unspecified atom stereocenters. The molecule has 1 nitrogen and oxygen atoms in total. The van der Waals surface area contributed by atoms with Crippen LogP contribution in [0.3, 0.4) is 0 Å². The summed E-state index contributed by atoms with van der Waals surface area (Å²) in [5, 5.41) is 0.308. The largest absolute Gasteiger partial charge is 0.281 e. The first-order chi connectivity index (χ1) is 6.18. The lowest BCUT2D eigenvalue weighted by Gasteiger charge is -1.94. The van der Waals surface area contributed by atoms with Crippen LogP contribution in [0.5, 0.6) is 0 Å². The molecule has 1 rings (SSSR count). The van der Waals surface area contributed by atoms with Crippen molar-refractivity contribution in [1.82, 2.24) is 0 Å². The quantitative estimate of drug-likeness (QED) is 0.693. The minimum Gasteiger partial charge on any atom is -0.281 e. The van der Waals surface area contributed by atoms with Gasteiger partial charge in [0.05, 0.1) is 0 Å². The Labute approximate surface area is 88.7 Å². The van der Waals surface area contributed by atoms with Gasteiger partial charge in [-0.3, -0.25) is 4.79 Å². The number of carbonyl (C=O) groups is 1. The van der Waals surface area contributed by atoms with Crippen LogP contribution in [0.2, 0.25) is 5.02 Å². The molecule has 1 aromatic carbocycles. The number of carbonyl (C=O) groups excluding carboxylic acids is 1. The minimum absolute atomic E-state index is 0.263. The van der Waals surface area contributed by atoms with E-state index in [0.717, 1.165) is 5.56 Å². The van der Waals surface area contributed by atoms with Crippen LogP contribution in [-0.4, -0.2) is 5.24 Å². The second-order valence-electron chi connectivity index (χ2n) is 2.16. The molecule has 13 heavy (non-hydrogen) atoms. The van der Waals surface area contributed by atoms with Crippen molar-refractivity contribution < 1.29 is 4.79 Å². The lowest BCUT2D eigenvalue weighted by molar-refractivity contribution is -0.111. The van der Waals surface area contributed by atoms with Crippen LogP contribution < -0.4 is 0 Å². The fraction of sp³-hybridized carbons (Fsp3) is 0.300. The first-order valence-corrected chi connectivity index (χ1v) is 4.87. The Kier molecular flexibility index (Phi) is 6.65. The van der Waals surface area contributed by atoms with Crippen LogP contribution in [0, 0.1) is 0 Å². The van der Waals surface area contributed by atoms with Crippen LogP contribution in [0.15, 0.2) is 24.3 Å². The summed E-state index contributed by atoms with van der Waals surface area (Å²) in [5.41, 5.74) is 0.884. The third-order valence-corrected chi connectivity index (χ3v) is 1.64. The summed E-state index contributed by atoms with van der Waals surface area (Å²) in [4.78, 5) is 10.4. The predicted molar refractivity (Wildman–Crippen MR) is 57.4 cm³/mol. The first kappa shape index (κ1) is 12.5. The van der Waals surface area contributed by atoms with Gasteiger partial charge in [0.15, 0.2) is 0 Å². The van der Waals surface area contributed by atoms with Gasteiger partial charge < -0.3 is 0 Å². The van der Waals surface area contributed by atoms with Crippen LogP contribution in [0.25, 0.3) is 0 Å². The molecule has 0 radical (unpaired) electrons. The lowest BCUT2D eigenvalue weighted by Crippen LogP contribution is -1.91. The van der Waals surface area contributed by atoms with Gasteiger partial charge >= 0.3 is 0 Å². The Morgan fingerprint density at radius 1 is 1.23 bits per heavy atom. The maximum atomic E-state index is 10.4. The smallest absolute Gasteiger partial charge is 0.226 e. The standard InChI is InChI=1S/C8H6Cl2O.C2H6/c9-7-3-1-6(2-4-7)5-8(10)11;1-2/h1-4H,5H2;1-2H3. The molecule has 0 aromatic heterocycles. The Hall–Kier alpha value is -0.530. The molecular formula is C10H12Cl2O. The highest BCUT2D eigenvalue weighted by Crippen LogP contribution is 2.10. The molecule has 0 spiro atoms. The Bertz CT molecular complexity index is 254. The summed E-state index contributed by atoms with van der Waals surface area (Å²) >= 11 is 10.8. The fourth-order valence-electron chi connectivity index (χ4n) is 0.763. The third kappa shape index (κ3) is 5.67. The third-order valence-electron chi connectivity index (χ3n) is 1.26. The van der Waals surface area contributed by atoms with Crippen molar-refractivity contribution in [3.8, 4) is 0 Å². The van der Waals surface area contributed by atoms with Crippen molar-refractivity contribution in [3.05, 3.63) is 34.9 Å². The summed E-state index contributed by atoms with van der Waals surface area (Å²) in [6.07, 6.45) is 0.263. The molecule has 0 saturated carbocycles.